The Kier molecular flexibility index (Phi) is 4.58. The van der Waals surface area contributed by atoms with Crippen molar-refractivity contribution >= 4 is 21.6 Å². The van der Waals surface area contributed by atoms with E-state index in [1.807, 2.05) is 13.8 Å². The fourth-order valence-electron chi connectivity index (χ4n) is 3.13. The minimum Gasteiger partial charge on any atom is -0.297 e. The molecule has 1 aliphatic rings. The van der Waals surface area contributed by atoms with Gasteiger partial charge in [0.2, 0.25) is 10.0 Å². The normalized spacial score (nSPS) is 16.0. The molecule has 1 aromatic carbocycles. The summed E-state index contributed by atoms with van der Waals surface area (Å²) in [5.41, 5.74) is 1.47. The monoisotopic (exact) mass is 377 g/mol. The largest absolute Gasteiger partial charge is 0.297 e. The lowest BCUT2D eigenvalue weighted by atomic mass is 9.93. The Labute approximate surface area is 152 Å². The predicted molar refractivity (Wildman–Crippen MR) is 96.8 cm³/mol. The number of carbonyl (C=O) groups excluding carboxylic acids is 1. The molecule has 6 nitrogen and oxygen atoms in total. The molecule has 0 radical (unpaired) electrons. The van der Waals surface area contributed by atoms with Crippen molar-refractivity contribution < 1.29 is 17.6 Å². The number of benzene rings is 1. The Bertz CT molecular complexity index is 973. The third-order valence-electron chi connectivity index (χ3n) is 4.55. The Hall–Kier alpha value is -2.32. The van der Waals surface area contributed by atoms with Crippen LogP contribution in [0.4, 0.5) is 10.1 Å². The van der Waals surface area contributed by atoms with Crippen molar-refractivity contribution in [3.8, 4) is 0 Å². The van der Waals surface area contributed by atoms with Crippen molar-refractivity contribution in [1.82, 2.24) is 9.71 Å². The highest BCUT2D eigenvalue weighted by molar-refractivity contribution is 7.89. The average molecular weight is 377 g/mol. The van der Waals surface area contributed by atoms with Gasteiger partial charge in [-0.05, 0) is 56.2 Å². The Morgan fingerprint density at radius 1 is 1.23 bits per heavy atom. The zero-order valence-electron chi connectivity index (χ0n) is 14.8. The Morgan fingerprint density at radius 3 is 2.65 bits per heavy atom. The lowest BCUT2D eigenvalue weighted by molar-refractivity contribution is 0.0982. The van der Waals surface area contributed by atoms with Gasteiger partial charge in [0.1, 0.15) is 5.82 Å². The highest BCUT2D eigenvalue weighted by Crippen LogP contribution is 2.41. The highest BCUT2D eigenvalue weighted by Gasteiger charge is 2.44. The number of halogens is 1. The van der Waals surface area contributed by atoms with Crippen LogP contribution in [0.15, 0.2) is 36.7 Å². The standard InChI is InChI=1S/C18H20FN3O3S/c1-4-26(24,25)21-10-12-7-14(11-20-9-12)22-17(23)15-6-5-13(19)8-16(15)18(22,2)3/h5-9,11,21H,4,10H2,1-3H3. The number of hydrogen-bond acceptors (Lipinski definition) is 4. The number of sulfonamides is 1. The second-order valence-corrected chi connectivity index (χ2v) is 8.76. The number of rotatable bonds is 5. The van der Waals surface area contributed by atoms with Gasteiger partial charge in [-0.15, -0.1) is 0 Å². The van der Waals surface area contributed by atoms with E-state index in [1.54, 1.807) is 30.3 Å². The Balaban J connectivity index is 1.95. The maximum absolute atomic E-state index is 13.7. The topological polar surface area (TPSA) is 79.4 Å². The Morgan fingerprint density at radius 2 is 1.96 bits per heavy atom. The molecule has 1 amide bonds. The van der Waals surface area contributed by atoms with Crippen LogP contribution in [0, 0.1) is 5.82 Å². The first-order chi connectivity index (χ1) is 12.2. The quantitative estimate of drug-likeness (QED) is 0.869. The first kappa shape index (κ1) is 18.5. The van der Waals surface area contributed by atoms with Gasteiger partial charge in [0.25, 0.3) is 5.91 Å². The van der Waals surface area contributed by atoms with Crippen LogP contribution >= 0.6 is 0 Å². The molecule has 3 rings (SSSR count). The van der Waals surface area contributed by atoms with Crippen LogP contribution in [0.1, 0.15) is 42.3 Å². The van der Waals surface area contributed by atoms with Crippen LogP contribution in [0.25, 0.3) is 0 Å². The molecule has 0 bridgehead atoms. The molecule has 1 aromatic heterocycles. The molecule has 138 valence electrons. The minimum atomic E-state index is -3.33. The van der Waals surface area contributed by atoms with E-state index in [0.29, 0.717) is 22.4 Å². The van der Waals surface area contributed by atoms with Gasteiger partial charge in [-0.25, -0.2) is 17.5 Å². The van der Waals surface area contributed by atoms with E-state index in [0.717, 1.165) is 0 Å². The summed E-state index contributed by atoms with van der Waals surface area (Å²) in [5.74, 6) is -0.649. The maximum Gasteiger partial charge on any atom is 0.259 e. The van der Waals surface area contributed by atoms with Crippen LogP contribution in [0.5, 0.6) is 0 Å². The van der Waals surface area contributed by atoms with E-state index in [2.05, 4.69) is 9.71 Å². The van der Waals surface area contributed by atoms with E-state index < -0.39 is 21.4 Å². The van der Waals surface area contributed by atoms with Gasteiger partial charge in [0, 0.05) is 18.3 Å². The number of nitrogens with one attached hydrogen (secondary N) is 1. The summed E-state index contributed by atoms with van der Waals surface area (Å²) in [6.45, 7) is 5.31. The van der Waals surface area contributed by atoms with Crippen LogP contribution in [-0.4, -0.2) is 25.1 Å². The number of pyridine rings is 1. The van der Waals surface area contributed by atoms with Gasteiger partial charge in [-0.1, -0.05) is 0 Å². The molecule has 0 fully saturated rings. The molecule has 0 saturated carbocycles. The van der Waals surface area contributed by atoms with Crippen molar-refractivity contribution in [2.45, 2.75) is 32.9 Å². The van der Waals surface area contributed by atoms with Crippen molar-refractivity contribution in [1.29, 1.82) is 0 Å². The summed E-state index contributed by atoms with van der Waals surface area (Å²) < 4.78 is 39.4. The number of anilines is 1. The van der Waals surface area contributed by atoms with Gasteiger partial charge in [-0.2, -0.15) is 0 Å². The van der Waals surface area contributed by atoms with E-state index >= 15 is 0 Å². The second-order valence-electron chi connectivity index (χ2n) is 6.67. The van der Waals surface area contributed by atoms with Crippen LogP contribution in [0.2, 0.25) is 0 Å². The maximum atomic E-state index is 13.7. The lowest BCUT2D eigenvalue weighted by Crippen LogP contribution is -2.39. The third kappa shape index (κ3) is 3.22. The summed E-state index contributed by atoms with van der Waals surface area (Å²) in [7, 11) is -3.33. The highest BCUT2D eigenvalue weighted by atomic mass is 32.2. The summed E-state index contributed by atoms with van der Waals surface area (Å²) in [6, 6.07) is 5.85. The van der Waals surface area contributed by atoms with Crippen molar-refractivity contribution in [2.24, 2.45) is 0 Å². The molecule has 0 saturated heterocycles. The number of amides is 1. The first-order valence-corrected chi connectivity index (χ1v) is 9.87. The molecular formula is C18H20FN3O3S. The van der Waals surface area contributed by atoms with Gasteiger partial charge >= 0.3 is 0 Å². The zero-order chi connectivity index (χ0) is 19.1. The number of aromatic nitrogens is 1. The number of carbonyl (C=O) groups is 1. The third-order valence-corrected chi connectivity index (χ3v) is 5.89. The molecule has 0 unspecified atom stereocenters. The first-order valence-electron chi connectivity index (χ1n) is 8.21. The van der Waals surface area contributed by atoms with Crippen LogP contribution in [-0.2, 0) is 22.1 Å². The SMILES string of the molecule is CCS(=O)(=O)NCc1cncc(N2C(=O)c3ccc(F)cc3C2(C)C)c1. The van der Waals surface area contributed by atoms with E-state index in [1.165, 1.54) is 18.2 Å². The van der Waals surface area contributed by atoms with Crippen LogP contribution in [0.3, 0.4) is 0 Å². The van der Waals surface area contributed by atoms with Gasteiger partial charge < -0.3 is 0 Å². The molecule has 0 atom stereocenters. The summed E-state index contributed by atoms with van der Waals surface area (Å²) in [4.78, 5) is 18.6. The fraction of sp³-hybridized carbons (Fsp3) is 0.333. The van der Waals surface area contributed by atoms with Gasteiger partial charge in [0.15, 0.2) is 0 Å². The van der Waals surface area contributed by atoms with Crippen molar-refractivity contribution in [2.75, 3.05) is 10.7 Å². The predicted octanol–water partition coefficient (Wildman–Crippen LogP) is 2.56. The second kappa shape index (κ2) is 6.44. The van der Waals surface area contributed by atoms with Gasteiger partial charge in [0.05, 0.1) is 23.2 Å². The van der Waals surface area contributed by atoms with Crippen LogP contribution < -0.4 is 9.62 Å². The minimum absolute atomic E-state index is 0.0152. The van der Waals surface area contributed by atoms with Crippen molar-refractivity contribution in [3.63, 3.8) is 0 Å². The average Bonchev–Trinajstić information content (AvgIpc) is 2.79. The molecule has 8 heteroatoms. The summed E-state index contributed by atoms with van der Waals surface area (Å²) in [5, 5.41) is 0. The fourth-order valence-corrected chi connectivity index (χ4v) is 3.72. The smallest absolute Gasteiger partial charge is 0.259 e. The molecular weight excluding hydrogens is 357 g/mol. The summed E-state index contributed by atoms with van der Waals surface area (Å²) in [6.07, 6.45) is 3.09. The number of fused-ring (bicyclic) bond motifs is 1. The molecule has 1 aliphatic heterocycles. The molecule has 2 heterocycles. The summed E-state index contributed by atoms with van der Waals surface area (Å²) >= 11 is 0. The van der Waals surface area contributed by atoms with E-state index in [-0.39, 0.29) is 18.2 Å². The number of hydrogen-bond donors (Lipinski definition) is 1. The number of nitrogens with zero attached hydrogens (tertiary/aromatic N) is 2. The van der Waals surface area contributed by atoms with Crippen molar-refractivity contribution in [3.05, 3.63) is 59.2 Å². The molecule has 1 N–H and O–H groups in total. The molecule has 0 spiro atoms. The van der Waals surface area contributed by atoms with E-state index in [9.17, 15) is 17.6 Å². The molecule has 0 aliphatic carbocycles. The lowest BCUT2D eigenvalue weighted by Gasteiger charge is -2.32. The molecule has 2 aromatic rings. The van der Waals surface area contributed by atoms with E-state index in [4.69, 9.17) is 0 Å². The van der Waals surface area contributed by atoms with Gasteiger partial charge in [-0.3, -0.25) is 14.7 Å². The molecule has 26 heavy (non-hydrogen) atoms. The zero-order valence-corrected chi connectivity index (χ0v) is 15.6.